The second-order valence-corrected chi connectivity index (χ2v) is 11.2. The van der Waals surface area contributed by atoms with E-state index in [0.717, 1.165) is 24.0 Å². The highest BCUT2D eigenvalue weighted by Crippen LogP contribution is 2.44. The summed E-state index contributed by atoms with van der Waals surface area (Å²) in [5.41, 5.74) is 2.24. The fraction of sp³-hybridized carbons (Fsp3) is 0.419. The molecule has 2 atom stereocenters. The number of carboxylic acids is 1. The summed E-state index contributed by atoms with van der Waals surface area (Å²) in [7, 11) is 0. The number of aromatic nitrogens is 2. The number of hydrogen-bond acceptors (Lipinski definition) is 8. The lowest BCUT2D eigenvalue weighted by molar-refractivity contribution is -0.198. The normalized spacial score (nSPS) is 18.8. The van der Waals surface area contributed by atoms with E-state index in [4.69, 9.17) is 4.74 Å². The molecule has 9 nitrogen and oxygen atoms in total. The van der Waals surface area contributed by atoms with Crippen molar-refractivity contribution < 1.29 is 27.8 Å². The first kappa shape index (κ1) is 30.3. The van der Waals surface area contributed by atoms with E-state index < -0.39 is 24.3 Å². The number of carboxylic acid groups (broad SMARTS) is 1. The molecule has 2 saturated heterocycles. The largest absolute Gasteiger partial charge is 0.480 e. The number of hydrogen-bond donors (Lipinski definition) is 2. The van der Waals surface area contributed by atoms with Gasteiger partial charge < -0.3 is 20.1 Å². The maximum absolute atomic E-state index is 14.7. The molecule has 0 radical (unpaired) electrons. The van der Waals surface area contributed by atoms with Gasteiger partial charge in [0.05, 0.1) is 11.4 Å². The van der Waals surface area contributed by atoms with Gasteiger partial charge >= 0.3 is 12.1 Å². The van der Waals surface area contributed by atoms with Crippen LogP contribution in [0.3, 0.4) is 0 Å². The lowest BCUT2D eigenvalue weighted by atomic mass is 9.76. The SMILES string of the molecule is C=NN(c1ccccc1C)c1cc(CC)ccc1[C@@H](Oc1cc(N2CCC3(CC2)CN[C@H](C(=O)O)C3)ncn1)C(F)(F)F. The lowest BCUT2D eigenvalue weighted by Gasteiger charge is -2.39. The summed E-state index contributed by atoms with van der Waals surface area (Å²) in [4.78, 5) is 21.7. The average molecular weight is 597 g/mol. The van der Waals surface area contributed by atoms with E-state index in [1.165, 1.54) is 23.5 Å². The van der Waals surface area contributed by atoms with Gasteiger partial charge in [0.1, 0.15) is 18.2 Å². The number of rotatable bonds is 9. The van der Waals surface area contributed by atoms with Crippen LogP contribution in [-0.2, 0) is 11.2 Å². The molecule has 2 N–H and O–H groups in total. The number of anilines is 3. The van der Waals surface area contributed by atoms with Crippen LogP contribution < -0.4 is 20.0 Å². The molecular formula is C31H35F3N6O3. The Morgan fingerprint density at radius 2 is 1.95 bits per heavy atom. The Bertz CT molecular complexity index is 1480. The Morgan fingerprint density at radius 3 is 2.58 bits per heavy atom. The van der Waals surface area contributed by atoms with E-state index in [1.54, 1.807) is 24.3 Å². The molecule has 43 heavy (non-hydrogen) atoms. The number of nitrogens with one attached hydrogen (secondary N) is 1. The average Bonchev–Trinajstić information content (AvgIpc) is 3.41. The van der Waals surface area contributed by atoms with E-state index in [0.29, 0.717) is 44.0 Å². The van der Waals surface area contributed by atoms with Crippen molar-refractivity contribution in [1.29, 1.82) is 0 Å². The summed E-state index contributed by atoms with van der Waals surface area (Å²) < 4.78 is 49.8. The zero-order chi connectivity index (χ0) is 30.8. The minimum atomic E-state index is -4.78. The van der Waals surface area contributed by atoms with Crippen LogP contribution in [0.1, 0.15) is 49.0 Å². The third kappa shape index (κ3) is 6.43. The third-order valence-corrected chi connectivity index (χ3v) is 8.47. The fourth-order valence-corrected chi connectivity index (χ4v) is 5.97. The number of ether oxygens (including phenoxy) is 1. The van der Waals surface area contributed by atoms with Crippen LogP contribution >= 0.6 is 0 Å². The van der Waals surface area contributed by atoms with Crippen molar-refractivity contribution in [2.75, 3.05) is 29.5 Å². The third-order valence-electron chi connectivity index (χ3n) is 8.47. The number of para-hydroxylation sites is 1. The van der Waals surface area contributed by atoms with Crippen molar-refractivity contribution in [3.05, 3.63) is 71.5 Å². The Kier molecular flexibility index (Phi) is 8.59. The van der Waals surface area contributed by atoms with E-state index in [9.17, 15) is 23.1 Å². The number of benzene rings is 2. The number of hydrazone groups is 1. The molecule has 0 amide bonds. The summed E-state index contributed by atoms with van der Waals surface area (Å²) in [5.74, 6) is -0.604. The topological polar surface area (TPSA) is 103 Å². The van der Waals surface area contributed by atoms with E-state index in [-0.39, 0.29) is 22.5 Å². The molecule has 2 aliphatic rings. The molecule has 228 valence electrons. The molecule has 3 heterocycles. The molecule has 1 aromatic heterocycles. The van der Waals surface area contributed by atoms with Crippen LogP contribution in [0, 0.1) is 12.3 Å². The molecule has 0 saturated carbocycles. The quantitative estimate of drug-likeness (QED) is 0.236. The maximum Gasteiger partial charge on any atom is 0.429 e. The second kappa shape index (κ2) is 12.2. The van der Waals surface area contributed by atoms with Gasteiger partial charge in [0.2, 0.25) is 12.0 Å². The summed E-state index contributed by atoms with van der Waals surface area (Å²) >= 11 is 0. The Labute approximate surface area is 248 Å². The predicted molar refractivity (Wildman–Crippen MR) is 158 cm³/mol. The van der Waals surface area contributed by atoms with Gasteiger partial charge in [-0.15, -0.1) is 0 Å². The standard InChI is InChI=1S/C31H35F3N6O3/c1-4-21-9-10-22(25(15-21)40(35-3)24-8-6-5-7-20(24)2)28(31(32,33)34)43-27-16-26(37-19-38-27)39-13-11-30(12-14-39)17-23(29(41)42)36-18-30/h5-10,15-16,19,23,28,36H,3-4,11-14,17-18H2,1-2H3,(H,41,42)/t23-,28+/m0/s1. The Morgan fingerprint density at radius 1 is 1.21 bits per heavy atom. The van der Waals surface area contributed by atoms with Crippen molar-refractivity contribution in [3.8, 4) is 5.88 Å². The van der Waals surface area contributed by atoms with Gasteiger partial charge in [0, 0.05) is 38.0 Å². The molecule has 2 aliphatic heterocycles. The zero-order valence-corrected chi connectivity index (χ0v) is 24.1. The molecule has 0 unspecified atom stereocenters. The molecule has 5 rings (SSSR count). The predicted octanol–water partition coefficient (Wildman–Crippen LogP) is 5.82. The smallest absolute Gasteiger partial charge is 0.429 e. The molecule has 1 spiro atoms. The first-order chi connectivity index (χ1) is 20.5. The number of aliphatic carboxylic acids is 1. The van der Waals surface area contributed by atoms with Crippen molar-refractivity contribution in [2.24, 2.45) is 10.5 Å². The molecule has 0 aliphatic carbocycles. The maximum atomic E-state index is 14.7. The Hall–Kier alpha value is -4.19. The minimum Gasteiger partial charge on any atom is -0.480 e. The van der Waals surface area contributed by atoms with Crippen molar-refractivity contribution in [1.82, 2.24) is 15.3 Å². The first-order valence-corrected chi connectivity index (χ1v) is 14.3. The van der Waals surface area contributed by atoms with Crippen LogP contribution in [0.5, 0.6) is 5.88 Å². The number of alkyl halides is 3. The molecule has 2 aromatic carbocycles. The highest BCUT2D eigenvalue weighted by Gasteiger charge is 2.46. The summed E-state index contributed by atoms with van der Waals surface area (Å²) in [6, 6.07) is 12.9. The van der Waals surface area contributed by atoms with Crippen molar-refractivity contribution >= 4 is 29.9 Å². The highest BCUT2D eigenvalue weighted by atomic mass is 19.4. The minimum absolute atomic E-state index is 0.115. The lowest BCUT2D eigenvalue weighted by Crippen LogP contribution is -2.41. The van der Waals surface area contributed by atoms with E-state index in [1.807, 2.05) is 30.9 Å². The van der Waals surface area contributed by atoms with E-state index in [2.05, 4.69) is 27.1 Å². The summed E-state index contributed by atoms with van der Waals surface area (Å²) in [6.45, 7) is 9.24. The zero-order valence-electron chi connectivity index (χ0n) is 24.1. The van der Waals surface area contributed by atoms with Crippen LogP contribution in [0.4, 0.5) is 30.4 Å². The van der Waals surface area contributed by atoms with Crippen molar-refractivity contribution in [2.45, 2.75) is 57.9 Å². The van der Waals surface area contributed by atoms with Gasteiger partial charge in [-0.25, -0.2) is 15.0 Å². The molecule has 3 aromatic rings. The molecular weight excluding hydrogens is 561 g/mol. The number of halogens is 3. The van der Waals surface area contributed by atoms with Gasteiger partial charge in [-0.3, -0.25) is 4.79 Å². The fourth-order valence-electron chi connectivity index (χ4n) is 5.97. The van der Waals surface area contributed by atoms with Gasteiger partial charge in [-0.2, -0.15) is 18.3 Å². The molecule has 12 heteroatoms. The summed E-state index contributed by atoms with van der Waals surface area (Å²) in [6.07, 6.45) is -3.27. The van der Waals surface area contributed by atoms with E-state index >= 15 is 0 Å². The van der Waals surface area contributed by atoms with Crippen LogP contribution in [0.2, 0.25) is 0 Å². The number of aryl methyl sites for hydroxylation is 2. The van der Waals surface area contributed by atoms with Crippen molar-refractivity contribution in [3.63, 3.8) is 0 Å². The molecule has 0 bridgehead atoms. The van der Waals surface area contributed by atoms with Gasteiger partial charge in [-0.05, 0) is 61.3 Å². The number of piperidine rings is 1. The first-order valence-electron chi connectivity index (χ1n) is 14.3. The van der Waals surface area contributed by atoms with Gasteiger partial charge in [0.15, 0.2) is 0 Å². The highest BCUT2D eigenvalue weighted by molar-refractivity contribution is 5.74. The monoisotopic (exact) mass is 596 g/mol. The van der Waals surface area contributed by atoms with Crippen LogP contribution in [0.15, 0.2) is 60.0 Å². The molecule has 2 fully saturated rings. The van der Waals surface area contributed by atoms with Crippen LogP contribution in [-0.4, -0.2) is 59.6 Å². The second-order valence-electron chi connectivity index (χ2n) is 11.2. The summed E-state index contributed by atoms with van der Waals surface area (Å²) in [5, 5.41) is 18.0. The number of nitrogens with zero attached hydrogens (tertiary/aromatic N) is 5. The van der Waals surface area contributed by atoms with Gasteiger partial charge in [0.25, 0.3) is 0 Å². The Balaban J connectivity index is 1.42. The van der Waals surface area contributed by atoms with Crippen LogP contribution in [0.25, 0.3) is 0 Å². The van der Waals surface area contributed by atoms with Gasteiger partial charge in [-0.1, -0.05) is 37.3 Å². The number of carbonyl (C=O) groups is 1.